The van der Waals surface area contributed by atoms with Gasteiger partial charge in [0.2, 0.25) is 5.91 Å². The van der Waals surface area contributed by atoms with Gasteiger partial charge in [0.25, 0.3) is 0 Å². The van der Waals surface area contributed by atoms with Crippen molar-refractivity contribution in [1.82, 2.24) is 10.6 Å². The molecule has 0 aromatic heterocycles. The molecule has 0 radical (unpaired) electrons. The predicted octanol–water partition coefficient (Wildman–Crippen LogP) is 5.08. The van der Waals surface area contributed by atoms with Crippen LogP contribution in [-0.2, 0) is 14.6 Å². The Hall–Kier alpha value is -3.11. The summed E-state index contributed by atoms with van der Waals surface area (Å²) >= 11 is 0. The minimum atomic E-state index is -4.97. The Labute approximate surface area is 221 Å². The number of hydrogen-bond donors (Lipinski definition) is 2. The van der Waals surface area contributed by atoms with Gasteiger partial charge in [-0.2, -0.15) is 31.6 Å². The summed E-state index contributed by atoms with van der Waals surface area (Å²) in [6, 6.07) is 10.2. The quantitative estimate of drug-likeness (QED) is 0.430. The predicted molar refractivity (Wildman–Crippen MR) is 129 cm³/mol. The minimum Gasteiger partial charge on any atom is -0.336 e. The average molecular weight is 574 g/mol. The summed E-state index contributed by atoms with van der Waals surface area (Å²) in [6.45, 7) is 0.824. The molecule has 0 saturated heterocycles. The molecule has 4 rings (SSSR count). The highest BCUT2D eigenvalue weighted by Crippen LogP contribution is 2.55. The van der Waals surface area contributed by atoms with Crippen molar-refractivity contribution in [2.45, 2.75) is 60.6 Å². The zero-order valence-electron chi connectivity index (χ0n) is 20.8. The third-order valence-electron chi connectivity index (χ3n) is 7.45. The zero-order chi connectivity index (χ0) is 29.0. The van der Waals surface area contributed by atoms with Gasteiger partial charge >= 0.3 is 12.4 Å². The number of carbonyl (C=O) groups excluding carboxylic acids is 1. The van der Waals surface area contributed by atoms with Crippen LogP contribution in [0.15, 0.2) is 53.4 Å². The van der Waals surface area contributed by atoms with Crippen LogP contribution in [-0.4, -0.2) is 44.0 Å². The van der Waals surface area contributed by atoms with Crippen LogP contribution in [0.2, 0.25) is 0 Å². The molecule has 1 unspecified atom stereocenters. The maximum atomic E-state index is 14.3. The van der Waals surface area contributed by atoms with E-state index >= 15 is 0 Å². The summed E-state index contributed by atoms with van der Waals surface area (Å²) in [6.07, 6.45) is -8.60. The van der Waals surface area contributed by atoms with Crippen molar-refractivity contribution in [3.8, 4) is 17.2 Å². The first-order valence-electron chi connectivity index (χ1n) is 12.0. The molecule has 0 heterocycles. The fraction of sp³-hybridized carbons (Fsp3) is 0.462. The van der Waals surface area contributed by atoms with Crippen molar-refractivity contribution in [2.24, 2.45) is 11.8 Å². The number of carbonyl (C=O) groups is 1. The van der Waals surface area contributed by atoms with E-state index in [4.69, 9.17) is 0 Å². The molecule has 39 heavy (non-hydrogen) atoms. The molecule has 2 aromatic carbocycles. The van der Waals surface area contributed by atoms with Crippen LogP contribution in [0.25, 0.3) is 11.1 Å². The molecule has 6 nitrogen and oxygen atoms in total. The van der Waals surface area contributed by atoms with Gasteiger partial charge in [0.1, 0.15) is 17.1 Å². The van der Waals surface area contributed by atoms with E-state index in [9.17, 15) is 44.8 Å². The van der Waals surface area contributed by atoms with Gasteiger partial charge in [-0.1, -0.05) is 43.3 Å². The highest BCUT2D eigenvalue weighted by atomic mass is 32.2. The fourth-order valence-corrected chi connectivity index (χ4v) is 5.34. The third-order valence-corrected chi connectivity index (χ3v) is 8.57. The maximum absolute atomic E-state index is 14.3. The Kier molecular flexibility index (Phi) is 7.05. The summed E-state index contributed by atoms with van der Waals surface area (Å²) in [4.78, 5) is 13.2. The smallest absolute Gasteiger partial charge is 0.336 e. The molecule has 4 atom stereocenters. The number of sulfone groups is 1. The van der Waals surface area contributed by atoms with Crippen molar-refractivity contribution < 1.29 is 39.6 Å². The molecule has 2 aromatic rings. The van der Waals surface area contributed by atoms with E-state index in [1.165, 1.54) is 36.4 Å². The maximum Gasteiger partial charge on any atom is 0.407 e. The lowest BCUT2D eigenvalue weighted by atomic mass is 9.96. The molecular weight excluding hydrogens is 548 g/mol. The van der Waals surface area contributed by atoms with E-state index < -0.39 is 63.5 Å². The molecular formula is C26H25F6N3O3S. The van der Waals surface area contributed by atoms with E-state index in [1.54, 1.807) is 0 Å². The van der Waals surface area contributed by atoms with Gasteiger partial charge in [-0.3, -0.25) is 10.1 Å². The van der Waals surface area contributed by atoms with Crippen LogP contribution in [0.3, 0.4) is 0 Å². The highest BCUT2D eigenvalue weighted by molar-refractivity contribution is 7.90. The van der Waals surface area contributed by atoms with Gasteiger partial charge in [0.05, 0.1) is 16.9 Å². The van der Waals surface area contributed by atoms with Crippen LogP contribution >= 0.6 is 0 Å². The molecule has 2 saturated carbocycles. The first kappa shape index (κ1) is 28.9. The average Bonchev–Trinajstić information content (AvgIpc) is 3.76. The first-order chi connectivity index (χ1) is 17.9. The van der Waals surface area contributed by atoms with Crippen molar-refractivity contribution in [1.29, 1.82) is 5.26 Å². The molecule has 0 bridgehead atoms. The number of nitrogens with zero attached hydrogens (tertiary/aromatic N) is 1. The van der Waals surface area contributed by atoms with E-state index in [0.717, 1.165) is 25.3 Å². The SMILES string of the molecule is C[C@@H]([C@@H]1CC1(N[C@@H](c1ccc(-c2ccc(S(C)(=O)=O)cc2)cc1)C(F)(F)F)C(=O)NC1(C#N)CC1)C(F)(F)F. The monoisotopic (exact) mass is 573 g/mol. The summed E-state index contributed by atoms with van der Waals surface area (Å²) < 4.78 is 107. The van der Waals surface area contributed by atoms with Gasteiger partial charge in [-0.15, -0.1) is 0 Å². The van der Waals surface area contributed by atoms with Gasteiger partial charge in [-0.05, 0) is 54.0 Å². The zero-order valence-corrected chi connectivity index (χ0v) is 21.6. The van der Waals surface area contributed by atoms with Crippen LogP contribution in [0.4, 0.5) is 26.3 Å². The molecule has 2 aliphatic rings. The number of alkyl halides is 6. The number of benzene rings is 2. The first-order valence-corrected chi connectivity index (χ1v) is 13.9. The second-order valence-corrected chi connectivity index (χ2v) is 12.3. The van der Waals surface area contributed by atoms with E-state index in [1.807, 2.05) is 6.07 Å². The van der Waals surface area contributed by atoms with Crippen molar-refractivity contribution >= 4 is 15.7 Å². The standard InChI is InChI=1S/C26H25F6N3O3S/c1-15(25(27,28)29)20-13-24(20,22(36)35-23(14-33)11-12-23)34-21(26(30,31)32)18-5-3-16(4-6-18)17-7-9-19(10-8-17)39(2,37)38/h3-10,15,20-21,34H,11-13H2,1-2H3,(H,35,36)/t15-,20-,21-,24?/m0/s1. The molecule has 2 fully saturated rings. The number of rotatable bonds is 8. The molecule has 0 aliphatic heterocycles. The van der Waals surface area contributed by atoms with Gasteiger partial charge < -0.3 is 5.32 Å². The number of halogens is 6. The van der Waals surface area contributed by atoms with E-state index in [0.29, 0.717) is 11.1 Å². The topological polar surface area (TPSA) is 99.1 Å². The second-order valence-electron chi connectivity index (χ2n) is 10.3. The fourth-order valence-electron chi connectivity index (χ4n) is 4.71. The van der Waals surface area contributed by atoms with Crippen LogP contribution in [0.1, 0.15) is 37.8 Å². The summed E-state index contributed by atoms with van der Waals surface area (Å²) in [5.74, 6) is -4.57. The van der Waals surface area contributed by atoms with Gasteiger partial charge in [0.15, 0.2) is 9.84 Å². The Bertz CT molecular complexity index is 1390. The van der Waals surface area contributed by atoms with Gasteiger partial charge in [-0.25, -0.2) is 8.42 Å². The summed E-state index contributed by atoms with van der Waals surface area (Å²) in [7, 11) is -3.44. The Morgan fingerprint density at radius 2 is 1.49 bits per heavy atom. The lowest BCUT2D eigenvalue weighted by Gasteiger charge is -2.30. The largest absolute Gasteiger partial charge is 0.407 e. The number of nitriles is 1. The van der Waals surface area contributed by atoms with Gasteiger partial charge in [0, 0.05) is 6.26 Å². The molecule has 13 heteroatoms. The van der Waals surface area contributed by atoms with E-state index in [-0.39, 0.29) is 23.3 Å². The van der Waals surface area contributed by atoms with Crippen LogP contribution in [0, 0.1) is 23.2 Å². The van der Waals surface area contributed by atoms with Crippen molar-refractivity contribution in [2.75, 3.05) is 6.26 Å². The van der Waals surface area contributed by atoms with Crippen LogP contribution in [0.5, 0.6) is 0 Å². The Morgan fingerprint density at radius 1 is 0.974 bits per heavy atom. The molecule has 2 N–H and O–H groups in total. The Balaban J connectivity index is 1.64. The van der Waals surface area contributed by atoms with Crippen molar-refractivity contribution in [3.05, 3.63) is 54.1 Å². The summed E-state index contributed by atoms with van der Waals surface area (Å²) in [5.41, 5.74) is -2.75. The highest BCUT2D eigenvalue weighted by Gasteiger charge is 2.69. The third kappa shape index (κ3) is 5.91. The number of hydrogen-bond acceptors (Lipinski definition) is 5. The normalized spacial score (nSPS) is 23.8. The van der Waals surface area contributed by atoms with Crippen LogP contribution < -0.4 is 10.6 Å². The lowest BCUT2D eigenvalue weighted by molar-refractivity contribution is -0.179. The van der Waals surface area contributed by atoms with Crippen molar-refractivity contribution in [3.63, 3.8) is 0 Å². The minimum absolute atomic E-state index is 0.0734. The molecule has 0 spiro atoms. The second kappa shape index (κ2) is 9.52. The lowest BCUT2D eigenvalue weighted by Crippen LogP contribution is -2.55. The number of amides is 1. The Morgan fingerprint density at radius 3 is 1.90 bits per heavy atom. The molecule has 1 amide bonds. The number of nitrogens with one attached hydrogen (secondary N) is 2. The molecule has 2 aliphatic carbocycles. The molecule has 210 valence electrons. The summed E-state index contributed by atoms with van der Waals surface area (Å²) in [5, 5.41) is 13.9. The van der Waals surface area contributed by atoms with E-state index in [2.05, 4.69) is 10.6 Å².